The first kappa shape index (κ1) is 25.4. The zero-order valence-corrected chi connectivity index (χ0v) is 21.5. The fourth-order valence-electron chi connectivity index (χ4n) is 4.04. The molecule has 4 rings (SSSR count). The molecule has 1 atom stereocenters. The molecular weight excluding hydrogens is 502 g/mol. The summed E-state index contributed by atoms with van der Waals surface area (Å²) in [5.74, 6) is 0.155. The van der Waals surface area contributed by atoms with Crippen molar-refractivity contribution < 1.29 is 17.9 Å². The van der Waals surface area contributed by atoms with E-state index in [0.29, 0.717) is 18.3 Å². The molecule has 3 heterocycles. The number of benzene rings is 1. The van der Waals surface area contributed by atoms with Crippen LogP contribution in [0.15, 0.2) is 59.8 Å². The number of pyridine rings is 2. The van der Waals surface area contributed by atoms with Gasteiger partial charge < -0.3 is 9.64 Å². The van der Waals surface area contributed by atoms with E-state index in [1.54, 1.807) is 18.3 Å². The van der Waals surface area contributed by atoms with Crippen LogP contribution >= 0.6 is 11.6 Å². The number of sulfonamides is 1. The fourth-order valence-corrected chi connectivity index (χ4v) is 5.19. The van der Waals surface area contributed by atoms with Gasteiger partial charge in [0.05, 0.1) is 17.2 Å². The molecule has 11 heteroatoms. The van der Waals surface area contributed by atoms with Crippen molar-refractivity contribution in [2.45, 2.75) is 37.8 Å². The van der Waals surface area contributed by atoms with Crippen molar-refractivity contribution in [1.82, 2.24) is 14.7 Å². The van der Waals surface area contributed by atoms with Gasteiger partial charge in [-0.05, 0) is 62.6 Å². The fraction of sp³-hybridized carbons (Fsp3) is 0.280. The first-order valence-corrected chi connectivity index (χ1v) is 13.0. The van der Waals surface area contributed by atoms with Crippen molar-refractivity contribution in [3.8, 4) is 17.7 Å². The van der Waals surface area contributed by atoms with Crippen LogP contribution in [0.5, 0.6) is 11.6 Å². The van der Waals surface area contributed by atoms with Crippen molar-refractivity contribution in [2.75, 3.05) is 11.4 Å². The third-order valence-electron chi connectivity index (χ3n) is 6.40. The summed E-state index contributed by atoms with van der Waals surface area (Å²) in [5, 5.41) is 8.98. The van der Waals surface area contributed by atoms with E-state index in [0.717, 1.165) is 6.42 Å². The number of halogens is 1. The van der Waals surface area contributed by atoms with Crippen LogP contribution in [0.25, 0.3) is 0 Å². The average Bonchev–Trinajstić information content (AvgIpc) is 3.10. The molecule has 0 aliphatic carbocycles. The first-order valence-electron chi connectivity index (χ1n) is 11.2. The highest BCUT2D eigenvalue weighted by Gasteiger charge is 2.40. The van der Waals surface area contributed by atoms with Crippen molar-refractivity contribution in [2.24, 2.45) is 5.92 Å². The van der Waals surface area contributed by atoms with E-state index in [1.807, 2.05) is 11.0 Å². The number of rotatable bonds is 6. The Kier molecular flexibility index (Phi) is 6.89. The maximum Gasteiger partial charge on any atom is 0.281 e. The van der Waals surface area contributed by atoms with Gasteiger partial charge >= 0.3 is 0 Å². The predicted molar refractivity (Wildman–Crippen MR) is 135 cm³/mol. The summed E-state index contributed by atoms with van der Waals surface area (Å²) in [6, 6.07) is 13.6. The lowest BCUT2D eigenvalue weighted by Crippen LogP contribution is -2.43. The van der Waals surface area contributed by atoms with Gasteiger partial charge in [-0.15, -0.1) is 0 Å². The quantitative estimate of drug-likeness (QED) is 0.497. The number of nitrogens with zero attached hydrogens (tertiary/aromatic N) is 4. The Hall–Kier alpha value is -3.68. The van der Waals surface area contributed by atoms with Crippen LogP contribution in [0.4, 0.5) is 5.82 Å². The second kappa shape index (κ2) is 9.76. The number of hydrogen-bond donors (Lipinski definition) is 1. The highest BCUT2D eigenvalue weighted by molar-refractivity contribution is 7.90. The van der Waals surface area contributed by atoms with Gasteiger partial charge in [-0.3, -0.25) is 4.79 Å². The number of nitrogens with one attached hydrogen (secondary N) is 1. The van der Waals surface area contributed by atoms with Crippen LogP contribution in [0.2, 0.25) is 5.02 Å². The number of anilines is 1. The summed E-state index contributed by atoms with van der Waals surface area (Å²) in [5.41, 5.74) is 0.177. The van der Waals surface area contributed by atoms with E-state index in [9.17, 15) is 13.2 Å². The molecule has 1 amide bonds. The van der Waals surface area contributed by atoms with Crippen LogP contribution in [-0.2, 0) is 10.0 Å². The number of nitriles is 1. The molecule has 1 aromatic carbocycles. The van der Waals surface area contributed by atoms with Crippen molar-refractivity contribution in [3.63, 3.8) is 0 Å². The Bertz CT molecular complexity index is 1470. The van der Waals surface area contributed by atoms with Gasteiger partial charge in [-0.2, -0.15) is 18.7 Å². The molecule has 1 N–H and O–H groups in total. The molecule has 0 bridgehead atoms. The molecule has 1 aliphatic heterocycles. The number of carbonyl (C=O) groups excluding carboxylic acids is 1. The number of ether oxygens (including phenoxy) is 1. The maximum atomic E-state index is 13.1. The minimum atomic E-state index is -4.34. The Balaban J connectivity index is 1.58. The number of hydrogen-bond acceptors (Lipinski definition) is 8. The lowest BCUT2D eigenvalue weighted by molar-refractivity contribution is 0.0981. The molecule has 3 aromatic rings. The summed E-state index contributed by atoms with van der Waals surface area (Å²) in [6.45, 7) is 6.99. The first-order chi connectivity index (χ1) is 17.0. The molecule has 0 spiro atoms. The summed E-state index contributed by atoms with van der Waals surface area (Å²) >= 11 is 6.00. The minimum Gasteiger partial charge on any atom is -0.439 e. The third-order valence-corrected chi connectivity index (χ3v) is 7.85. The lowest BCUT2D eigenvalue weighted by atomic mass is 9.90. The molecule has 0 saturated carbocycles. The van der Waals surface area contributed by atoms with Gasteiger partial charge in [0.15, 0.2) is 5.03 Å². The van der Waals surface area contributed by atoms with Crippen molar-refractivity contribution in [3.05, 3.63) is 70.9 Å². The summed E-state index contributed by atoms with van der Waals surface area (Å²) in [7, 11) is -4.34. The molecule has 36 heavy (non-hydrogen) atoms. The topological polar surface area (TPSA) is 125 Å². The molecule has 2 aromatic heterocycles. The summed E-state index contributed by atoms with van der Waals surface area (Å²) in [6.07, 6.45) is 2.51. The molecule has 186 valence electrons. The van der Waals surface area contributed by atoms with Crippen LogP contribution in [0, 0.1) is 17.2 Å². The molecule has 1 unspecified atom stereocenters. The average molecular weight is 526 g/mol. The second-order valence-corrected chi connectivity index (χ2v) is 11.1. The lowest BCUT2D eigenvalue weighted by Gasteiger charge is -2.36. The summed E-state index contributed by atoms with van der Waals surface area (Å²) in [4.78, 5) is 23.6. The van der Waals surface area contributed by atoms with E-state index in [4.69, 9.17) is 21.6 Å². The Morgan fingerprint density at radius 3 is 2.72 bits per heavy atom. The van der Waals surface area contributed by atoms with Crippen LogP contribution < -0.4 is 14.4 Å². The van der Waals surface area contributed by atoms with Crippen molar-refractivity contribution in [1.29, 1.82) is 5.26 Å². The highest BCUT2D eigenvalue weighted by atomic mass is 35.5. The van der Waals surface area contributed by atoms with Gasteiger partial charge in [0, 0.05) is 29.4 Å². The standard InChI is InChI=1S/C25H24ClN5O4S/c1-16-9-11-31(25(16,2)3)23-20(6-5-10-28-23)24(32)30-36(33,34)22-8-4-7-21(29-22)35-19-13-17(15-27)12-18(26)14-19/h4-8,10,12-14,16H,9,11H2,1-3H3,(H,30,32). The number of carbonyl (C=O) groups is 1. The van der Waals surface area contributed by atoms with E-state index in [-0.39, 0.29) is 33.3 Å². The Morgan fingerprint density at radius 1 is 1.25 bits per heavy atom. The maximum absolute atomic E-state index is 13.1. The molecule has 1 aliphatic rings. The van der Waals surface area contributed by atoms with E-state index in [2.05, 4.69) is 35.5 Å². The zero-order chi connectivity index (χ0) is 26.1. The van der Waals surface area contributed by atoms with Gasteiger partial charge in [0.1, 0.15) is 11.6 Å². The summed E-state index contributed by atoms with van der Waals surface area (Å²) < 4.78 is 33.8. The minimum absolute atomic E-state index is 0.0497. The smallest absolute Gasteiger partial charge is 0.281 e. The van der Waals surface area contributed by atoms with E-state index < -0.39 is 21.0 Å². The number of aromatic nitrogens is 2. The second-order valence-electron chi connectivity index (χ2n) is 9.01. The molecule has 9 nitrogen and oxygen atoms in total. The predicted octanol–water partition coefficient (Wildman–Crippen LogP) is 4.54. The number of amides is 1. The molecule has 0 radical (unpaired) electrons. The SMILES string of the molecule is CC1CCN(c2ncccc2C(=O)NS(=O)(=O)c2cccc(Oc3cc(Cl)cc(C#N)c3)n2)C1(C)C. The zero-order valence-electron chi connectivity index (χ0n) is 19.9. The van der Waals surface area contributed by atoms with Gasteiger partial charge in [0.2, 0.25) is 5.88 Å². The van der Waals surface area contributed by atoms with Crippen LogP contribution in [0.3, 0.4) is 0 Å². The van der Waals surface area contributed by atoms with E-state index in [1.165, 1.54) is 36.4 Å². The normalized spacial score (nSPS) is 16.9. The van der Waals surface area contributed by atoms with Gasteiger partial charge in [-0.25, -0.2) is 9.71 Å². The Morgan fingerprint density at radius 2 is 2.03 bits per heavy atom. The largest absolute Gasteiger partial charge is 0.439 e. The highest BCUT2D eigenvalue weighted by Crippen LogP contribution is 2.38. The Labute approximate surface area is 214 Å². The van der Waals surface area contributed by atoms with Crippen LogP contribution in [0.1, 0.15) is 43.1 Å². The molecule has 1 saturated heterocycles. The third kappa shape index (κ3) is 5.12. The van der Waals surface area contributed by atoms with E-state index >= 15 is 0 Å². The van der Waals surface area contributed by atoms with Gasteiger partial charge in [-0.1, -0.05) is 24.6 Å². The molecule has 1 fully saturated rings. The van der Waals surface area contributed by atoms with Gasteiger partial charge in [0.25, 0.3) is 15.9 Å². The van der Waals surface area contributed by atoms with Crippen molar-refractivity contribution >= 4 is 33.3 Å². The van der Waals surface area contributed by atoms with Crippen LogP contribution in [-0.4, -0.2) is 36.4 Å². The monoisotopic (exact) mass is 525 g/mol. The molecular formula is C25H24ClN5O4S.